The second-order valence-electron chi connectivity index (χ2n) is 7.51. The van der Waals surface area contributed by atoms with Crippen LogP contribution in [0.5, 0.6) is 5.75 Å². The highest BCUT2D eigenvalue weighted by Gasteiger charge is 2.31. The Labute approximate surface area is 199 Å². The van der Waals surface area contributed by atoms with Crippen LogP contribution in [-0.2, 0) is 31.5 Å². The van der Waals surface area contributed by atoms with Gasteiger partial charge in [-0.25, -0.2) is 4.79 Å². The van der Waals surface area contributed by atoms with Gasteiger partial charge in [-0.2, -0.15) is 0 Å². The van der Waals surface area contributed by atoms with Crippen LogP contribution in [0.2, 0.25) is 0 Å². The molecule has 182 valence electrons. The van der Waals surface area contributed by atoms with Crippen molar-refractivity contribution in [1.29, 1.82) is 0 Å². The molecule has 8 nitrogen and oxygen atoms in total. The van der Waals surface area contributed by atoms with E-state index in [1.807, 2.05) is 49.4 Å². The number of benzene rings is 2. The Hall–Kier alpha value is -2.93. The molecule has 3 aromatic rings. The van der Waals surface area contributed by atoms with Crippen molar-refractivity contribution in [1.82, 2.24) is 4.90 Å². The van der Waals surface area contributed by atoms with Gasteiger partial charge < -0.3 is 23.1 Å². The minimum atomic E-state index is -3.61. The molecule has 0 aliphatic heterocycles. The molecule has 1 aromatic heterocycles. The lowest BCUT2D eigenvalue weighted by atomic mass is 10.1. The highest BCUT2D eigenvalue weighted by molar-refractivity contribution is 7.54. The van der Waals surface area contributed by atoms with Crippen LogP contribution in [-0.4, -0.2) is 36.8 Å². The molecule has 0 bridgehead atoms. The fourth-order valence-corrected chi connectivity index (χ4v) is 5.14. The van der Waals surface area contributed by atoms with Gasteiger partial charge in [0, 0.05) is 11.9 Å². The monoisotopic (exact) mass is 487 g/mol. The Bertz CT molecular complexity index is 1200. The summed E-state index contributed by atoms with van der Waals surface area (Å²) in [5, 5.41) is 0.682. The van der Waals surface area contributed by atoms with Crippen LogP contribution < -0.4 is 10.4 Å². The normalized spacial score (nSPS) is 11.5. The molecule has 1 amide bonds. The summed E-state index contributed by atoms with van der Waals surface area (Å²) in [5.74, 6) is 0.0342. The van der Waals surface area contributed by atoms with E-state index in [2.05, 4.69) is 0 Å². The molecule has 0 aliphatic carbocycles. The van der Waals surface area contributed by atoms with Crippen LogP contribution in [0.1, 0.15) is 31.9 Å². The van der Waals surface area contributed by atoms with Crippen LogP contribution in [0.4, 0.5) is 0 Å². The molecule has 0 spiro atoms. The lowest BCUT2D eigenvalue weighted by Crippen LogP contribution is -2.34. The van der Waals surface area contributed by atoms with E-state index in [1.54, 1.807) is 26.0 Å². The molecule has 0 radical (unpaired) electrons. The van der Waals surface area contributed by atoms with Gasteiger partial charge in [-0.1, -0.05) is 42.5 Å². The summed E-state index contributed by atoms with van der Waals surface area (Å²) >= 11 is 0. The summed E-state index contributed by atoms with van der Waals surface area (Å²) < 4.78 is 34.7. The molecule has 3 rings (SSSR count). The molecule has 0 aliphatic rings. The van der Waals surface area contributed by atoms with Gasteiger partial charge in [-0.05, 0) is 38.5 Å². The number of carbonyl (C=O) groups is 1. The Morgan fingerprint density at radius 1 is 0.941 bits per heavy atom. The van der Waals surface area contributed by atoms with Crippen molar-refractivity contribution in [2.75, 3.05) is 26.0 Å². The summed E-state index contributed by atoms with van der Waals surface area (Å²) in [6.45, 7) is 6.16. The maximum Gasteiger partial charge on any atom is 0.341 e. The third-order valence-electron chi connectivity index (χ3n) is 5.01. The number of rotatable bonds is 12. The van der Waals surface area contributed by atoms with E-state index in [0.29, 0.717) is 28.9 Å². The Morgan fingerprint density at radius 3 is 2.29 bits per heavy atom. The van der Waals surface area contributed by atoms with Crippen molar-refractivity contribution < 1.29 is 27.6 Å². The third-order valence-corrected chi connectivity index (χ3v) is 6.97. The maximum absolute atomic E-state index is 13.3. The quantitative estimate of drug-likeness (QED) is 0.262. The fraction of sp³-hybridized carbons (Fsp3) is 0.360. The SMILES string of the molecule is CCOc1cccc2cc(CN(Cc3ccccc3)C(=O)CP(=O)(OCC)OCC)c(=O)oc12. The summed E-state index contributed by atoms with van der Waals surface area (Å²) in [6, 6.07) is 16.4. The molecule has 0 N–H and O–H groups in total. The van der Waals surface area contributed by atoms with Crippen LogP contribution in [0, 0.1) is 0 Å². The minimum Gasteiger partial charge on any atom is -0.490 e. The van der Waals surface area contributed by atoms with Gasteiger partial charge in [0.1, 0.15) is 6.16 Å². The molecule has 0 unspecified atom stereocenters. The number of para-hydroxylation sites is 1. The molecule has 34 heavy (non-hydrogen) atoms. The minimum absolute atomic E-state index is 0.0247. The van der Waals surface area contributed by atoms with E-state index in [4.69, 9.17) is 18.2 Å². The summed E-state index contributed by atoms with van der Waals surface area (Å²) in [7, 11) is -3.61. The predicted molar refractivity (Wildman–Crippen MR) is 130 cm³/mol. The summed E-state index contributed by atoms with van der Waals surface area (Å²) in [5.41, 5.74) is 0.954. The first-order valence-corrected chi connectivity index (χ1v) is 13.0. The Balaban J connectivity index is 1.94. The number of nitrogens with zero attached hydrogens (tertiary/aromatic N) is 1. The molecule has 0 fully saturated rings. The first-order chi connectivity index (χ1) is 16.4. The predicted octanol–water partition coefficient (Wildman–Crippen LogP) is 4.99. The highest BCUT2D eigenvalue weighted by atomic mass is 31.2. The van der Waals surface area contributed by atoms with Crippen molar-refractivity contribution in [2.24, 2.45) is 0 Å². The number of ether oxygens (including phenoxy) is 1. The smallest absolute Gasteiger partial charge is 0.341 e. The lowest BCUT2D eigenvalue weighted by molar-refractivity contribution is -0.130. The second-order valence-corrected chi connectivity index (χ2v) is 9.56. The molecular formula is C25H30NO7P. The zero-order valence-electron chi connectivity index (χ0n) is 19.7. The highest BCUT2D eigenvalue weighted by Crippen LogP contribution is 2.48. The zero-order valence-corrected chi connectivity index (χ0v) is 20.6. The Morgan fingerprint density at radius 2 is 1.65 bits per heavy atom. The Kier molecular flexibility index (Phi) is 9.05. The average molecular weight is 487 g/mol. The lowest BCUT2D eigenvalue weighted by Gasteiger charge is -2.25. The first-order valence-electron chi connectivity index (χ1n) is 11.3. The molecule has 0 saturated carbocycles. The van der Waals surface area contributed by atoms with Crippen LogP contribution in [0.15, 0.2) is 63.8 Å². The molecule has 0 saturated heterocycles. The van der Waals surface area contributed by atoms with Gasteiger partial charge >= 0.3 is 13.2 Å². The van der Waals surface area contributed by atoms with Crippen molar-refractivity contribution >= 4 is 24.5 Å². The van der Waals surface area contributed by atoms with Crippen LogP contribution >= 0.6 is 7.60 Å². The third kappa shape index (κ3) is 6.56. The summed E-state index contributed by atoms with van der Waals surface area (Å²) in [6.07, 6.45) is -0.422. The van der Waals surface area contributed by atoms with E-state index in [-0.39, 0.29) is 26.3 Å². The van der Waals surface area contributed by atoms with Crippen LogP contribution in [0.25, 0.3) is 11.0 Å². The number of fused-ring (bicyclic) bond motifs is 1. The van der Waals surface area contributed by atoms with Gasteiger partial charge in [-0.3, -0.25) is 9.36 Å². The van der Waals surface area contributed by atoms with E-state index in [1.165, 1.54) is 4.90 Å². The summed E-state index contributed by atoms with van der Waals surface area (Å²) in [4.78, 5) is 27.6. The van der Waals surface area contributed by atoms with Gasteiger partial charge in [0.25, 0.3) is 0 Å². The van der Waals surface area contributed by atoms with E-state index in [0.717, 1.165) is 5.56 Å². The number of hydrogen-bond donors (Lipinski definition) is 0. The largest absolute Gasteiger partial charge is 0.490 e. The molecular weight excluding hydrogens is 457 g/mol. The molecule has 2 aromatic carbocycles. The van der Waals surface area contributed by atoms with Crippen molar-refractivity contribution in [2.45, 2.75) is 33.9 Å². The number of hydrogen-bond acceptors (Lipinski definition) is 7. The van der Waals surface area contributed by atoms with Crippen molar-refractivity contribution in [3.05, 3.63) is 76.1 Å². The van der Waals surface area contributed by atoms with Crippen LogP contribution in [0.3, 0.4) is 0 Å². The van der Waals surface area contributed by atoms with E-state index in [9.17, 15) is 14.2 Å². The van der Waals surface area contributed by atoms with Gasteiger partial charge in [0.05, 0.1) is 31.9 Å². The average Bonchev–Trinajstić information content (AvgIpc) is 2.80. The molecule has 1 heterocycles. The van der Waals surface area contributed by atoms with Gasteiger partial charge in [0.2, 0.25) is 5.91 Å². The molecule has 0 atom stereocenters. The second kappa shape index (κ2) is 12.0. The topological polar surface area (TPSA) is 95.3 Å². The van der Waals surface area contributed by atoms with Gasteiger partial charge in [0.15, 0.2) is 11.3 Å². The fourth-order valence-electron chi connectivity index (χ4n) is 3.57. The standard InChI is InChI=1S/C25H30NO7P/c1-4-30-22-14-10-13-20-15-21(25(28)33-24(20)22)17-26(16-19-11-8-7-9-12-19)23(27)18-34(29,31-5-2)32-6-3/h7-15H,4-6,16-18H2,1-3H3. The van der Waals surface area contributed by atoms with Crippen molar-refractivity contribution in [3.63, 3.8) is 0 Å². The number of carbonyl (C=O) groups excluding carboxylic acids is 1. The van der Waals surface area contributed by atoms with Crippen molar-refractivity contribution in [3.8, 4) is 5.75 Å². The van der Waals surface area contributed by atoms with E-state index < -0.39 is 25.3 Å². The van der Waals surface area contributed by atoms with Gasteiger partial charge in [-0.15, -0.1) is 0 Å². The maximum atomic E-state index is 13.3. The molecule has 9 heteroatoms. The van der Waals surface area contributed by atoms with E-state index >= 15 is 0 Å². The first kappa shape index (κ1) is 25.7. The zero-order chi connectivity index (χ0) is 24.6. The number of amides is 1.